The maximum Gasteiger partial charge on any atom is 0.266 e. The van der Waals surface area contributed by atoms with Crippen LogP contribution in [0.15, 0.2) is 87.2 Å². The highest BCUT2D eigenvalue weighted by Crippen LogP contribution is 2.35. The Labute approximate surface area is 216 Å². The third-order valence-corrected chi connectivity index (χ3v) is 6.76. The highest BCUT2D eigenvalue weighted by molar-refractivity contribution is 9.10. The lowest BCUT2D eigenvalue weighted by Crippen LogP contribution is -2.30. The van der Waals surface area contributed by atoms with E-state index in [1.54, 1.807) is 18.1 Å². The molecule has 0 unspecified atom stereocenters. The predicted octanol–water partition coefficient (Wildman–Crippen LogP) is 6.81. The van der Waals surface area contributed by atoms with Crippen molar-refractivity contribution in [2.75, 3.05) is 20.3 Å². The Kier molecular flexibility index (Phi) is 8.74. The van der Waals surface area contributed by atoms with Crippen LogP contribution < -0.4 is 4.74 Å². The van der Waals surface area contributed by atoms with Gasteiger partial charge in [-0.05, 0) is 87.7 Å². The quantitative estimate of drug-likeness (QED) is 0.215. The second kappa shape index (κ2) is 12.2. The third kappa shape index (κ3) is 6.81. The van der Waals surface area contributed by atoms with Crippen molar-refractivity contribution < 1.29 is 18.7 Å². The normalized spacial score (nSPS) is 15.9. The molecule has 0 spiro atoms. The molecule has 0 atom stereocenters. The van der Waals surface area contributed by atoms with Crippen molar-refractivity contribution in [3.8, 4) is 5.75 Å². The molecule has 0 saturated carbocycles. The fraction of sp³-hybridized carbons (Fsp3) is 0.185. The van der Waals surface area contributed by atoms with Gasteiger partial charge in [-0.1, -0.05) is 36.4 Å². The summed E-state index contributed by atoms with van der Waals surface area (Å²) in [6.45, 7) is 1.34. The molecule has 1 saturated heterocycles. The van der Waals surface area contributed by atoms with Gasteiger partial charge in [-0.15, -0.1) is 0 Å². The van der Waals surface area contributed by atoms with E-state index in [0.717, 1.165) is 21.3 Å². The molecule has 8 heteroatoms. The summed E-state index contributed by atoms with van der Waals surface area (Å²) >= 11 is 4.90. The van der Waals surface area contributed by atoms with Crippen LogP contribution in [0.3, 0.4) is 0 Å². The molecule has 0 radical (unpaired) electrons. The molecule has 1 aliphatic rings. The second-order valence-electron chi connectivity index (χ2n) is 7.75. The highest BCUT2D eigenvalue weighted by Gasteiger charge is 2.33. The number of hydrogen-bond acceptors (Lipinski definition) is 5. The molecule has 3 aromatic rings. The number of benzene rings is 3. The topological polar surface area (TPSA) is 51.1 Å². The number of methoxy groups -OCH3 is 1. The first-order valence-corrected chi connectivity index (χ1v) is 12.7. The molecule has 35 heavy (non-hydrogen) atoms. The van der Waals surface area contributed by atoms with Crippen molar-refractivity contribution >= 4 is 50.5 Å². The van der Waals surface area contributed by atoms with Gasteiger partial charge in [-0.3, -0.25) is 9.69 Å². The van der Waals surface area contributed by atoms with Gasteiger partial charge in [0.05, 0.1) is 15.1 Å². The van der Waals surface area contributed by atoms with Crippen LogP contribution in [0.4, 0.5) is 10.1 Å². The van der Waals surface area contributed by atoms with Crippen LogP contribution in [0, 0.1) is 5.82 Å². The summed E-state index contributed by atoms with van der Waals surface area (Å²) in [6, 6.07) is 21.5. The fourth-order valence-electron chi connectivity index (χ4n) is 3.43. The number of rotatable bonds is 9. The minimum absolute atomic E-state index is 0.0802. The van der Waals surface area contributed by atoms with E-state index in [1.807, 2.05) is 60.7 Å². The number of halogens is 2. The van der Waals surface area contributed by atoms with Gasteiger partial charge in [0.25, 0.3) is 5.91 Å². The number of aliphatic imine (C=N–C) groups is 1. The lowest BCUT2D eigenvalue weighted by atomic mass is 10.2. The minimum atomic E-state index is -0.294. The van der Waals surface area contributed by atoms with E-state index in [1.165, 1.54) is 23.9 Å². The van der Waals surface area contributed by atoms with E-state index < -0.39 is 0 Å². The molecule has 5 nitrogen and oxygen atoms in total. The van der Waals surface area contributed by atoms with Crippen LogP contribution in [0.5, 0.6) is 5.75 Å². The third-order valence-electron chi connectivity index (χ3n) is 5.14. The van der Waals surface area contributed by atoms with Crippen molar-refractivity contribution in [3.05, 3.63) is 99.1 Å². The van der Waals surface area contributed by atoms with Crippen LogP contribution in [-0.4, -0.2) is 36.2 Å². The monoisotopic (exact) mass is 554 g/mol. The predicted molar refractivity (Wildman–Crippen MR) is 142 cm³/mol. The molecule has 3 aromatic carbocycles. The Morgan fingerprint density at radius 3 is 2.66 bits per heavy atom. The molecule has 0 aliphatic carbocycles. The zero-order valence-electron chi connectivity index (χ0n) is 19.1. The zero-order valence-corrected chi connectivity index (χ0v) is 21.5. The number of carbonyl (C=O) groups is 1. The number of nitrogens with zero attached hydrogens (tertiary/aromatic N) is 2. The molecule has 4 rings (SSSR count). The molecular formula is C27H24BrFN2O3S. The summed E-state index contributed by atoms with van der Waals surface area (Å²) in [5, 5.41) is 0.651. The lowest BCUT2D eigenvalue weighted by Gasteiger charge is -2.15. The molecule has 1 heterocycles. The summed E-state index contributed by atoms with van der Waals surface area (Å²) in [5.74, 6) is 0.259. The SMILES string of the molecule is COCCCN1C(=O)/C(=C/c2ccc(OCc3cccc(F)c3)c(Br)c2)SC1=Nc1ccccc1. The number of thioether (sulfide) groups is 1. The summed E-state index contributed by atoms with van der Waals surface area (Å²) in [4.78, 5) is 20.2. The summed E-state index contributed by atoms with van der Waals surface area (Å²) in [6.07, 6.45) is 2.57. The number of para-hydroxylation sites is 1. The van der Waals surface area contributed by atoms with Crippen LogP contribution >= 0.6 is 27.7 Å². The van der Waals surface area contributed by atoms with Gasteiger partial charge in [-0.2, -0.15) is 0 Å². The Hall–Kier alpha value is -2.94. The van der Waals surface area contributed by atoms with Crippen molar-refractivity contribution in [1.29, 1.82) is 0 Å². The number of carbonyl (C=O) groups excluding carboxylic acids is 1. The van der Waals surface area contributed by atoms with E-state index in [-0.39, 0.29) is 18.3 Å². The summed E-state index contributed by atoms with van der Waals surface area (Å²) in [7, 11) is 1.65. The van der Waals surface area contributed by atoms with Gasteiger partial charge in [-0.25, -0.2) is 9.38 Å². The van der Waals surface area contributed by atoms with E-state index in [2.05, 4.69) is 15.9 Å². The molecule has 0 bridgehead atoms. The van der Waals surface area contributed by atoms with Gasteiger partial charge in [0.1, 0.15) is 18.2 Å². The molecule has 1 fully saturated rings. The Morgan fingerprint density at radius 1 is 1.09 bits per heavy atom. The second-order valence-corrected chi connectivity index (χ2v) is 9.62. The van der Waals surface area contributed by atoms with Gasteiger partial charge < -0.3 is 9.47 Å². The maximum absolute atomic E-state index is 13.4. The van der Waals surface area contributed by atoms with Crippen molar-refractivity contribution in [1.82, 2.24) is 4.90 Å². The number of hydrogen-bond donors (Lipinski definition) is 0. The molecule has 180 valence electrons. The van der Waals surface area contributed by atoms with Crippen molar-refractivity contribution in [2.45, 2.75) is 13.0 Å². The maximum atomic E-state index is 13.4. The van der Waals surface area contributed by atoms with E-state index in [9.17, 15) is 9.18 Å². The Bertz CT molecular complexity index is 1250. The zero-order chi connectivity index (χ0) is 24.6. The molecule has 1 aliphatic heterocycles. The standard InChI is InChI=1S/C27H24BrFN2O3S/c1-33-14-6-13-31-26(32)25(35-27(31)30-22-9-3-2-4-10-22)17-19-11-12-24(23(28)16-19)34-18-20-7-5-8-21(29)15-20/h2-5,7-12,15-17H,6,13-14,18H2,1H3/b25-17-,30-27?. The smallest absolute Gasteiger partial charge is 0.266 e. The molecule has 0 aromatic heterocycles. The Balaban J connectivity index is 1.51. The average molecular weight is 555 g/mol. The first-order chi connectivity index (χ1) is 17.0. The van der Waals surface area contributed by atoms with E-state index in [4.69, 9.17) is 14.5 Å². The van der Waals surface area contributed by atoms with Crippen LogP contribution in [-0.2, 0) is 16.1 Å². The van der Waals surface area contributed by atoms with Gasteiger partial charge in [0, 0.05) is 20.3 Å². The number of ether oxygens (including phenoxy) is 2. The summed E-state index contributed by atoms with van der Waals surface area (Å²) in [5.41, 5.74) is 2.39. The molecular weight excluding hydrogens is 531 g/mol. The largest absolute Gasteiger partial charge is 0.488 e. The highest BCUT2D eigenvalue weighted by atomic mass is 79.9. The van der Waals surface area contributed by atoms with Crippen LogP contribution in [0.25, 0.3) is 6.08 Å². The van der Waals surface area contributed by atoms with E-state index in [0.29, 0.717) is 35.4 Å². The van der Waals surface area contributed by atoms with Crippen LogP contribution in [0.2, 0.25) is 0 Å². The van der Waals surface area contributed by atoms with Crippen molar-refractivity contribution in [3.63, 3.8) is 0 Å². The average Bonchev–Trinajstić information content (AvgIpc) is 3.13. The molecule has 1 amide bonds. The lowest BCUT2D eigenvalue weighted by molar-refractivity contribution is -0.122. The van der Waals surface area contributed by atoms with Crippen LogP contribution in [0.1, 0.15) is 17.5 Å². The Morgan fingerprint density at radius 2 is 1.91 bits per heavy atom. The fourth-order valence-corrected chi connectivity index (χ4v) is 4.97. The van der Waals surface area contributed by atoms with Gasteiger partial charge in [0.15, 0.2) is 5.17 Å². The summed E-state index contributed by atoms with van der Waals surface area (Å²) < 4.78 is 25.1. The number of amidine groups is 1. The van der Waals surface area contributed by atoms with Crippen molar-refractivity contribution in [2.24, 2.45) is 4.99 Å². The minimum Gasteiger partial charge on any atom is -0.488 e. The van der Waals surface area contributed by atoms with E-state index >= 15 is 0 Å². The number of amides is 1. The first-order valence-electron chi connectivity index (χ1n) is 11.0. The van der Waals surface area contributed by atoms with Gasteiger partial charge in [0.2, 0.25) is 0 Å². The van der Waals surface area contributed by atoms with Gasteiger partial charge >= 0.3 is 0 Å². The first kappa shape index (κ1) is 25.2. The molecule has 0 N–H and O–H groups in total.